The van der Waals surface area contributed by atoms with Crippen LogP contribution < -0.4 is 4.74 Å². The van der Waals surface area contributed by atoms with Gasteiger partial charge in [0.25, 0.3) is 5.91 Å². The predicted molar refractivity (Wildman–Crippen MR) is 162 cm³/mol. The van der Waals surface area contributed by atoms with Gasteiger partial charge in [-0.3, -0.25) is 9.59 Å². The molecule has 0 saturated carbocycles. The molecule has 41 heavy (non-hydrogen) atoms. The van der Waals surface area contributed by atoms with Crippen molar-refractivity contribution in [2.24, 2.45) is 0 Å². The minimum atomic E-state index is -0.753. The van der Waals surface area contributed by atoms with Gasteiger partial charge in [0, 0.05) is 12.1 Å². The Morgan fingerprint density at radius 1 is 1.00 bits per heavy atom. The molecule has 1 unspecified atom stereocenters. The quantitative estimate of drug-likeness (QED) is 0.222. The molecule has 0 spiro atoms. The molecule has 0 aliphatic carbocycles. The van der Waals surface area contributed by atoms with Gasteiger partial charge in [-0.15, -0.1) is 11.3 Å². The van der Waals surface area contributed by atoms with Crippen LogP contribution in [-0.2, 0) is 16.8 Å². The number of thiazole rings is 1. The van der Waals surface area contributed by atoms with Gasteiger partial charge in [-0.2, -0.15) is 0 Å². The average molecular weight is 567 g/mol. The van der Waals surface area contributed by atoms with Crippen molar-refractivity contribution >= 4 is 23.0 Å². The van der Waals surface area contributed by atoms with Crippen molar-refractivity contribution in [3.05, 3.63) is 117 Å². The van der Waals surface area contributed by atoms with Gasteiger partial charge in [0.05, 0.1) is 28.8 Å². The second-order valence-corrected chi connectivity index (χ2v) is 12.2. The zero-order chi connectivity index (χ0) is 29.3. The van der Waals surface area contributed by atoms with Crippen LogP contribution in [-0.4, -0.2) is 33.3 Å². The topological polar surface area (TPSA) is 79.7 Å². The Labute approximate surface area is 245 Å². The fourth-order valence-corrected chi connectivity index (χ4v) is 6.07. The summed E-state index contributed by atoms with van der Waals surface area (Å²) < 4.78 is 5.56. The van der Waals surface area contributed by atoms with Crippen LogP contribution in [0.5, 0.6) is 5.75 Å². The van der Waals surface area contributed by atoms with Gasteiger partial charge in [0.15, 0.2) is 5.76 Å². The van der Waals surface area contributed by atoms with E-state index < -0.39 is 17.7 Å². The molecule has 1 atom stereocenters. The SMILES string of the molecule is CCOc1ccc(CN2C(=O)C(O)=C(C(=O)c3sc(-c4ccccc4)nc3C)C2c2ccc(C(C)(C)C)cc2)cc1. The Balaban J connectivity index is 1.55. The van der Waals surface area contributed by atoms with E-state index in [1.54, 1.807) is 11.8 Å². The highest BCUT2D eigenvalue weighted by Gasteiger charge is 2.44. The first-order chi connectivity index (χ1) is 19.6. The summed E-state index contributed by atoms with van der Waals surface area (Å²) in [4.78, 5) is 34.4. The first-order valence-corrected chi connectivity index (χ1v) is 14.5. The number of benzene rings is 3. The Kier molecular flexibility index (Phi) is 7.82. The summed E-state index contributed by atoms with van der Waals surface area (Å²) in [7, 11) is 0. The monoisotopic (exact) mass is 566 g/mol. The molecule has 0 radical (unpaired) electrons. The lowest BCUT2D eigenvalue weighted by molar-refractivity contribution is -0.130. The van der Waals surface area contributed by atoms with Crippen molar-refractivity contribution in [3.8, 4) is 16.3 Å². The third-order valence-corrected chi connectivity index (χ3v) is 8.46. The number of carbonyl (C=O) groups excluding carboxylic acids is 2. The number of ether oxygens (including phenoxy) is 1. The van der Waals surface area contributed by atoms with E-state index in [9.17, 15) is 14.7 Å². The number of Topliss-reactive ketones (excluding diaryl/α,β-unsaturated/α-hetero) is 1. The van der Waals surface area contributed by atoms with Gasteiger partial charge in [-0.25, -0.2) is 4.98 Å². The number of aliphatic hydroxyl groups is 1. The number of aryl methyl sites for hydroxylation is 1. The second kappa shape index (κ2) is 11.3. The lowest BCUT2D eigenvalue weighted by atomic mass is 9.85. The maximum Gasteiger partial charge on any atom is 0.290 e. The molecule has 1 N–H and O–H groups in total. The maximum atomic E-state index is 14.2. The number of amides is 1. The number of nitrogens with zero attached hydrogens (tertiary/aromatic N) is 2. The minimum absolute atomic E-state index is 0.0593. The summed E-state index contributed by atoms with van der Waals surface area (Å²) >= 11 is 1.28. The Morgan fingerprint density at radius 3 is 2.27 bits per heavy atom. The lowest BCUT2D eigenvalue weighted by Gasteiger charge is -2.28. The molecule has 2 heterocycles. The Morgan fingerprint density at radius 2 is 1.66 bits per heavy atom. The number of hydrogen-bond acceptors (Lipinski definition) is 6. The molecule has 1 aliphatic rings. The molecule has 1 aromatic heterocycles. The van der Waals surface area contributed by atoms with E-state index in [4.69, 9.17) is 4.74 Å². The molecular weight excluding hydrogens is 532 g/mol. The van der Waals surface area contributed by atoms with Crippen molar-refractivity contribution in [1.82, 2.24) is 9.88 Å². The summed E-state index contributed by atoms with van der Waals surface area (Å²) in [6, 6.07) is 24.4. The largest absolute Gasteiger partial charge is 0.503 e. The predicted octanol–water partition coefficient (Wildman–Crippen LogP) is 7.59. The molecule has 0 fully saturated rings. The normalized spacial score (nSPS) is 15.5. The molecule has 0 bridgehead atoms. The van der Waals surface area contributed by atoms with E-state index in [1.807, 2.05) is 85.8 Å². The van der Waals surface area contributed by atoms with Gasteiger partial charge >= 0.3 is 0 Å². The van der Waals surface area contributed by atoms with E-state index >= 15 is 0 Å². The Hall–Kier alpha value is -4.23. The molecule has 210 valence electrons. The van der Waals surface area contributed by atoms with Crippen molar-refractivity contribution in [1.29, 1.82) is 0 Å². The molecular formula is C34H34N2O4S. The van der Waals surface area contributed by atoms with Crippen LogP contribution in [0.2, 0.25) is 0 Å². The number of rotatable bonds is 8. The van der Waals surface area contributed by atoms with E-state index in [0.717, 1.165) is 28.0 Å². The second-order valence-electron chi connectivity index (χ2n) is 11.2. The smallest absolute Gasteiger partial charge is 0.290 e. The van der Waals surface area contributed by atoms with Crippen LogP contribution in [0.4, 0.5) is 0 Å². The van der Waals surface area contributed by atoms with Crippen molar-refractivity contribution < 1.29 is 19.4 Å². The molecule has 4 aromatic rings. The molecule has 6 nitrogen and oxygen atoms in total. The number of carbonyl (C=O) groups is 2. The summed E-state index contributed by atoms with van der Waals surface area (Å²) in [6.45, 7) is 10.9. The fourth-order valence-electron chi connectivity index (χ4n) is 5.05. The standard InChI is InChI=1S/C34H34N2O4S/c1-6-40-26-18-12-22(13-19-26)20-36-28(23-14-16-25(17-15-23)34(3,4)5)27(30(38)33(36)39)29(37)31-21(2)35-32(41-31)24-10-8-7-9-11-24/h7-19,28,38H,6,20H2,1-5H3. The van der Waals surface area contributed by atoms with Gasteiger partial charge < -0.3 is 14.7 Å². The molecule has 7 heteroatoms. The minimum Gasteiger partial charge on any atom is -0.503 e. The first kappa shape index (κ1) is 28.3. The highest BCUT2D eigenvalue weighted by atomic mass is 32.1. The van der Waals surface area contributed by atoms with Crippen LogP contribution in [0.3, 0.4) is 0 Å². The molecule has 5 rings (SSSR count). The van der Waals surface area contributed by atoms with Crippen molar-refractivity contribution in [3.63, 3.8) is 0 Å². The van der Waals surface area contributed by atoms with Crippen LogP contribution in [0.15, 0.2) is 90.2 Å². The van der Waals surface area contributed by atoms with Crippen LogP contribution in [0.25, 0.3) is 10.6 Å². The summed E-state index contributed by atoms with van der Waals surface area (Å²) in [5, 5.41) is 11.9. The zero-order valence-corrected chi connectivity index (χ0v) is 24.8. The lowest BCUT2D eigenvalue weighted by Crippen LogP contribution is -2.30. The first-order valence-electron chi connectivity index (χ1n) is 13.7. The summed E-state index contributed by atoms with van der Waals surface area (Å²) in [5.41, 5.74) is 4.25. The molecule has 0 saturated heterocycles. The van der Waals surface area contributed by atoms with Gasteiger partial charge in [0.2, 0.25) is 5.78 Å². The van der Waals surface area contributed by atoms with Gasteiger partial charge in [-0.05, 0) is 48.1 Å². The summed E-state index contributed by atoms with van der Waals surface area (Å²) in [6.07, 6.45) is 0. The maximum absolute atomic E-state index is 14.2. The van der Waals surface area contributed by atoms with E-state index in [1.165, 1.54) is 11.3 Å². The molecule has 3 aromatic carbocycles. The number of aromatic nitrogens is 1. The number of hydrogen-bond donors (Lipinski definition) is 1. The number of aliphatic hydroxyl groups excluding tert-OH is 1. The summed E-state index contributed by atoms with van der Waals surface area (Å²) in [5.74, 6) is -0.727. The molecule has 1 amide bonds. The average Bonchev–Trinajstić information content (AvgIpc) is 3.47. The Bertz CT molecular complexity index is 1600. The van der Waals surface area contributed by atoms with Crippen LogP contribution >= 0.6 is 11.3 Å². The van der Waals surface area contributed by atoms with Crippen molar-refractivity contribution in [2.45, 2.75) is 52.6 Å². The van der Waals surface area contributed by atoms with E-state index in [-0.39, 0.29) is 23.3 Å². The van der Waals surface area contributed by atoms with Crippen LogP contribution in [0, 0.1) is 6.92 Å². The highest BCUT2D eigenvalue weighted by molar-refractivity contribution is 7.17. The van der Waals surface area contributed by atoms with Gasteiger partial charge in [0.1, 0.15) is 10.8 Å². The zero-order valence-electron chi connectivity index (χ0n) is 24.0. The highest BCUT2D eigenvalue weighted by Crippen LogP contribution is 2.42. The fraction of sp³-hybridized carbons (Fsp3) is 0.265. The third-order valence-electron chi connectivity index (χ3n) is 7.25. The van der Waals surface area contributed by atoms with E-state index in [2.05, 4.69) is 25.8 Å². The van der Waals surface area contributed by atoms with Crippen molar-refractivity contribution in [2.75, 3.05) is 6.61 Å². The third kappa shape index (κ3) is 5.68. The number of ketones is 1. The van der Waals surface area contributed by atoms with Crippen LogP contribution in [0.1, 0.15) is 65.8 Å². The van der Waals surface area contributed by atoms with E-state index in [0.29, 0.717) is 22.2 Å². The van der Waals surface area contributed by atoms with Gasteiger partial charge in [-0.1, -0.05) is 87.5 Å². The molecule has 1 aliphatic heterocycles.